The molecule has 0 amide bonds. The predicted molar refractivity (Wildman–Crippen MR) is 83.7 cm³/mol. The van der Waals surface area contributed by atoms with Crippen molar-refractivity contribution in [2.75, 3.05) is 18.0 Å². The molecule has 5 nitrogen and oxygen atoms in total. The van der Waals surface area contributed by atoms with Gasteiger partial charge in [-0.1, -0.05) is 17.7 Å². The number of carboxylic acids is 1. The Morgan fingerprint density at radius 1 is 1.36 bits per heavy atom. The van der Waals surface area contributed by atoms with Crippen molar-refractivity contribution in [3.8, 4) is 11.6 Å². The molecule has 1 aliphatic heterocycles. The SMILES string of the molecule is O=C(O)[C@@H]1CCN(c2ccc(Cl)c(Oc3ccccn3)c2)C1. The van der Waals surface area contributed by atoms with Crippen molar-refractivity contribution >= 4 is 23.3 Å². The molecule has 3 rings (SSSR count). The van der Waals surface area contributed by atoms with Crippen molar-refractivity contribution in [3.63, 3.8) is 0 Å². The van der Waals surface area contributed by atoms with Crippen LogP contribution in [0.2, 0.25) is 5.02 Å². The van der Waals surface area contributed by atoms with Gasteiger partial charge in [-0.25, -0.2) is 4.98 Å². The van der Waals surface area contributed by atoms with E-state index in [1.807, 2.05) is 23.1 Å². The molecule has 22 heavy (non-hydrogen) atoms. The van der Waals surface area contributed by atoms with Gasteiger partial charge < -0.3 is 14.7 Å². The van der Waals surface area contributed by atoms with Gasteiger partial charge in [0.25, 0.3) is 0 Å². The molecular weight excluding hydrogens is 304 g/mol. The summed E-state index contributed by atoms with van der Waals surface area (Å²) in [5.41, 5.74) is 0.902. The third-order valence-corrected chi connectivity index (χ3v) is 3.98. The van der Waals surface area contributed by atoms with E-state index in [0.717, 1.165) is 5.69 Å². The van der Waals surface area contributed by atoms with Crippen molar-refractivity contribution in [1.29, 1.82) is 0 Å². The second kappa shape index (κ2) is 6.23. The first-order valence-electron chi connectivity index (χ1n) is 6.99. The molecule has 1 N–H and O–H groups in total. The normalized spacial score (nSPS) is 17.5. The van der Waals surface area contributed by atoms with E-state index < -0.39 is 5.97 Å². The monoisotopic (exact) mass is 318 g/mol. The summed E-state index contributed by atoms with van der Waals surface area (Å²) in [5, 5.41) is 9.58. The van der Waals surface area contributed by atoms with Gasteiger partial charge in [0.15, 0.2) is 0 Å². The standard InChI is InChI=1S/C16H15ClN2O3/c17-13-5-4-12(19-8-6-11(10-19)16(20)21)9-14(13)22-15-3-1-2-7-18-15/h1-5,7,9,11H,6,8,10H2,(H,20,21)/t11-/m1/s1. The molecule has 6 heteroatoms. The summed E-state index contributed by atoms with van der Waals surface area (Å²) in [6, 6.07) is 10.8. The highest BCUT2D eigenvalue weighted by atomic mass is 35.5. The molecule has 2 aromatic rings. The maximum atomic E-state index is 11.1. The molecule has 1 atom stereocenters. The van der Waals surface area contributed by atoms with Crippen molar-refractivity contribution in [2.45, 2.75) is 6.42 Å². The number of pyridine rings is 1. The molecular formula is C16H15ClN2O3. The fourth-order valence-electron chi connectivity index (χ4n) is 2.48. The molecule has 0 spiro atoms. The molecule has 0 bridgehead atoms. The summed E-state index contributed by atoms with van der Waals surface area (Å²) in [6.45, 7) is 1.21. The van der Waals surface area contributed by atoms with Crippen LogP contribution in [0.3, 0.4) is 0 Å². The maximum Gasteiger partial charge on any atom is 0.308 e. The van der Waals surface area contributed by atoms with Crippen LogP contribution in [-0.2, 0) is 4.79 Å². The van der Waals surface area contributed by atoms with E-state index >= 15 is 0 Å². The molecule has 0 saturated carbocycles. The lowest BCUT2D eigenvalue weighted by Gasteiger charge is -2.19. The lowest BCUT2D eigenvalue weighted by atomic mass is 10.1. The fraction of sp³-hybridized carbons (Fsp3) is 0.250. The van der Waals surface area contributed by atoms with Gasteiger partial charge in [0.1, 0.15) is 5.75 Å². The predicted octanol–water partition coefficient (Wildman–Crippen LogP) is 3.44. The Balaban J connectivity index is 1.80. The number of carbonyl (C=O) groups is 1. The third-order valence-electron chi connectivity index (χ3n) is 3.67. The molecule has 1 aromatic carbocycles. The van der Waals surface area contributed by atoms with Gasteiger partial charge in [0, 0.05) is 37.1 Å². The zero-order chi connectivity index (χ0) is 15.5. The fourth-order valence-corrected chi connectivity index (χ4v) is 2.64. The van der Waals surface area contributed by atoms with Gasteiger partial charge in [-0.2, -0.15) is 0 Å². The Hall–Kier alpha value is -2.27. The smallest absolute Gasteiger partial charge is 0.308 e. The van der Waals surface area contributed by atoms with Gasteiger partial charge >= 0.3 is 5.97 Å². The van der Waals surface area contributed by atoms with Gasteiger partial charge in [-0.05, 0) is 24.6 Å². The largest absolute Gasteiger partial charge is 0.481 e. The number of anilines is 1. The Bertz CT molecular complexity index is 678. The van der Waals surface area contributed by atoms with Gasteiger partial charge in [0.2, 0.25) is 5.88 Å². The first-order chi connectivity index (χ1) is 10.6. The lowest BCUT2D eigenvalue weighted by Crippen LogP contribution is -2.22. The topological polar surface area (TPSA) is 62.7 Å². The molecule has 1 saturated heterocycles. The number of hydrogen-bond donors (Lipinski definition) is 1. The van der Waals surface area contributed by atoms with E-state index in [2.05, 4.69) is 4.98 Å². The summed E-state index contributed by atoms with van der Waals surface area (Å²) < 4.78 is 5.70. The van der Waals surface area contributed by atoms with E-state index in [0.29, 0.717) is 36.2 Å². The molecule has 0 aliphatic carbocycles. The molecule has 1 aliphatic rings. The van der Waals surface area contributed by atoms with Crippen LogP contribution >= 0.6 is 11.6 Å². The third kappa shape index (κ3) is 3.14. The Morgan fingerprint density at radius 3 is 2.91 bits per heavy atom. The van der Waals surface area contributed by atoms with Crippen LogP contribution in [0.15, 0.2) is 42.6 Å². The minimum Gasteiger partial charge on any atom is -0.481 e. The highest BCUT2D eigenvalue weighted by molar-refractivity contribution is 6.32. The van der Waals surface area contributed by atoms with Crippen LogP contribution in [0.5, 0.6) is 11.6 Å². The van der Waals surface area contributed by atoms with Crippen LogP contribution in [0.1, 0.15) is 6.42 Å². The van der Waals surface area contributed by atoms with Crippen LogP contribution in [0.4, 0.5) is 5.69 Å². The van der Waals surface area contributed by atoms with Crippen LogP contribution in [0, 0.1) is 5.92 Å². The molecule has 114 valence electrons. The number of benzene rings is 1. The van der Waals surface area contributed by atoms with Gasteiger partial charge in [-0.3, -0.25) is 4.79 Å². The van der Waals surface area contributed by atoms with Crippen molar-refractivity contribution in [1.82, 2.24) is 4.98 Å². The maximum absolute atomic E-state index is 11.1. The zero-order valence-electron chi connectivity index (χ0n) is 11.8. The summed E-state index contributed by atoms with van der Waals surface area (Å²) in [6.07, 6.45) is 2.29. The summed E-state index contributed by atoms with van der Waals surface area (Å²) in [5.74, 6) is -0.0970. The second-order valence-electron chi connectivity index (χ2n) is 5.15. The summed E-state index contributed by atoms with van der Waals surface area (Å²) in [4.78, 5) is 17.2. The minimum absolute atomic E-state index is 0.323. The van der Waals surface area contributed by atoms with E-state index in [1.54, 1.807) is 24.4 Å². The van der Waals surface area contributed by atoms with Crippen molar-refractivity contribution in [2.24, 2.45) is 5.92 Å². The van der Waals surface area contributed by atoms with Gasteiger partial charge in [-0.15, -0.1) is 0 Å². The number of hydrogen-bond acceptors (Lipinski definition) is 4. The molecule has 0 unspecified atom stereocenters. The summed E-state index contributed by atoms with van der Waals surface area (Å²) in [7, 11) is 0. The Labute approximate surface area is 133 Å². The van der Waals surface area contributed by atoms with Crippen molar-refractivity contribution < 1.29 is 14.6 Å². The lowest BCUT2D eigenvalue weighted by molar-refractivity contribution is -0.140. The van der Waals surface area contributed by atoms with E-state index in [1.165, 1.54) is 0 Å². The molecule has 0 radical (unpaired) electrons. The summed E-state index contributed by atoms with van der Waals surface area (Å²) >= 11 is 6.17. The number of carboxylic acid groups (broad SMARTS) is 1. The number of nitrogens with zero attached hydrogens (tertiary/aromatic N) is 2. The highest BCUT2D eigenvalue weighted by Crippen LogP contribution is 2.34. The zero-order valence-corrected chi connectivity index (χ0v) is 12.5. The van der Waals surface area contributed by atoms with E-state index in [-0.39, 0.29) is 5.92 Å². The quantitative estimate of drug-likeness (QED) is 0.935. The van der Waals surface area contributed by atoms with Crippen LogP contribution in [-0.4, -0.2) is 29.1 Å². The number of halogens is 1. The first kappa shape index (κ1) is 14.7. The van der Waals surface area contributed by atoms with Crippen molar-refractivity contribution in [3.05, 3.63) is 47.6 Å². The average Bonchev–Trinajstić information content (AvgIpc) is 3.01. The number of aliphatic carboxylic acids is 1. The first-order valence-corrected chi connectivity index (χ1v) is 7.37. The number of rotatable bonds is 4. The van der Waals surface area contributed by atoms with Crippen LogP contribution < -0.4 is 9.64 Å². The molecule has 1 fully saturated rings. The average molecular weight is 319 g/mol. The number of ether oxygens (including phenoxy) is 1. The molecule has 1 aromatic heterocycles. The molecule has 2 heterocycles. The van der Waals surface area contributed by atoms with Gasteiger partial charge in [0.05, 0.1) is 10.9 Å². The number of aromatic nitrogens is 1. The van der Waals surface area contributed by atoms with Crippen LogP contribution in [0.25, 0.3) is 0 Å². The minimum atomic E-state index is -0.749. The Morgan fingerprint density at radius 2 is 2.23 bits per heavy atom. The van der Waals surface area contributed by atoms with E-state index in [4.69, 9.17) is 21.4 Å². The Kier molecular flexibility index (Phi) is 4.15. The second-order valence-corrected chi connectivity index (χ2v) is 5.56. The van der Waals surface area contributed by atoms with E-state index in [9.17, 15) is 4.79 Å². The highest BCUT2D eigenvalue weighted by Gasteiger charge is 2.28.